The highest BCUT2D eigenvalue weighted by atomic mass is 19.1. The van der Waals surface area contributed by atoms with Crippen molar-refractivity contribution < 1.29 is 13.9 Å². The quantitative estimate of drug-likeness (QED) is 0.560. The second kappa shape index (κ2) is 3.52. The summed E-state index contributed by atoms with van der Waals surface area (Å²) in [5, 5.41) is 2.83. The summed E-state index contributed by atoms with van der Waals surface area (Å²) in [4.78, 5) is 10.2. The van der Waals surface area contributed by atoms with E-state index in [1.165, 1.54) is 0 Å². The van der Waals surface area contributed by atoms with Gasteiger partial charge in [0.2, 0.25) is 0 Å². The zero-order valence-electron chi connectivity index (χ0n) is 6.05. The fourth-order valence-corrected chi connectivity index (χ4v) is 1.08. The van der Waals surface area contributed by atoms with Crippen LogP contribution >= 0.6 is 0 Å². The minimum Gasteiger partial charge on any atom is -0.443 e. The summed E-state index contributed by atoms with van der Waals surface area (Å²) in [6.45, 7) is 0.899. The van der Waals surface area contributed by atoms with Gasteiger partial charge in [0.1, 0.15) is 12.3 Å². The van der Waals surface area contributed by atoms with E-state index in [2.05, 4.69) is 10.1 Å². The van der Waals surface area contributed by atoms with Crippen molar-refractivity contribution in [2.45, 2.75) is 18.7 Å². The molecule has 0 aromatic carbocycles. The van der Waals surface area contributed by atoms with Gasteiger partial charge in [0.15, 0.2) is 0 Å². The number of nitrogens with one attached hydrogen (secondary N) is 1. The van der Waals surface area contributed by atoms with Crippen LogP contribution in [0.15, 0.2) is 0 Å². The molecule has 0 aromatic rings. The molecule has 64 valence electrons. The van der Waals surface area contributed by atoms with Crippen molar-refractivity contribution in [3.63, 3.8) is 0 Å². The number of amides is 1. The van der Waals surface area contributed by atoms with Gasteiger partial charge in [-0.2, -0.15) is 0 Å². The van der Waals surface area contributed by atoms with Crippen LogP contribution in [0.1, 0.15) is 6.42 Å². The zero-order valence-corrected chi connectivity index (χ0v) is 6.05. The lowest BCUT2D eigenvalue weighted by molar-refractivity contribution is 0.0318. The molecule has 0 radical (unpaired) electrons. The number of rotatable bonds is 1. The van der Waals surface area contributed by atoms with E-state index in [1.54, 1.807) is 0 Å². The van der Waals surface area contributed by atoms with E-state index in [0.29, 0.717) is 13.0 Å². The van der Waals surface area contributed by atoms with Crippen LogP contribution in [0.5, 0.6) is 0 Å². The maximum absolute atomic E-state index is 12.8. The fraction of sp³-hybridized carbons (Fsp3) is 0.833. The van der Waals surface area contributed by atoms with E-state index in [4.69, 9.17) is 5.73 Å². The van der Waals surface area contributed by atoms with E-state index in [9.17, 15) is 9.18 Å². The SMILES string of the molecule is NC(=O)O[C@@H]1CCNC[C@@H]1F. The Bertz CT molecular complexity index is 154. The maximum Gasteiger partial charge on any atom is 0.404 e. The Hall–Kier alpha value is -0.840. The number of halogens is 1. The van der Waals surface area contributed by atoms with Gasteiger partial charge in [-0.1, -0.05) is 0 Å². The number of hydrogen-bond acceptors (Lipinski definition) is 3. The molecule has 1 rings (SSSR count). The summed E-state index contributed by atoms with van der Waals surface area (Å²) in [6, 6.07) is 0. The highest BCUT2D eigenvalue weighted by Crippen LogP contribution is 2.10. The summed E-state index contributed by atoms with van der Waals surface area (Å²) in [6.07, 6.45) is -2.20. The summed E-state index contributed by atoms with van der Waals surface area (Å²) < 4.78 is 17.3. The van der Waals surface area contributed by atoms with Gasteiger partial charge in [0, 0.05) is 6.54 Å². The molecule has 0 saturated carbocycles. The third kappa shape index (κ3) is 2.34. The molecule has 11 heavy (non-hydrogen) atoms. The average Bonchev–Trinajstić information content (AvgIpc) is 1.93. The van der Waals surface area contributed by atoms with Crippen LogP contribution in [-0.2, 0) is 4.74 Å². The second-order valence-electron chi connectivity index (χ2n) is 2.48. The van der Waals surface area contributed by atoms with Crippen molar-refractivity contribution in [2.24, 2.45) is 5.73 Å². The predicted octanol–water partition coefficient (Wildman–Crippen LogP) is -0.218. The van der Waals surface area contributed by atoms with Gasteiger partial charge in [-0.15, -0.1) is 0 Å². The van der Waals surface area contributed by atoms with Crippen LogP contribution in [0.25, 0.3) is 0 Å². The van der Waals surface area contributed by atoms with Crippen molar-refractivity contribution in [3.8, 4) is 0 Å². The number of carbonyl (C=O) groups is 1. The number of alkyl halides is 1. The van der Waals surface area contributed by atoms with E-state index in [-0.39, 0.29) is 6.54 Å². The van der Waals surface area contributed by atoms with Gasteiger partial charge in [0.05, 0.1) is 0 Å². The maximum atomic E-state index is 12.8. The predicted molar refractivity (Wildman–Crippen MR) is 36.8 cm³/mol. The molecule has 1 aliphatic heterocycles. The zero-order chi connectivity index (χ0) is 8.27. The molecule has 1 fully saturated rings. The van der Waals surface area contributed by atoms with Crippen LogP contribution in [0, 0.1) is 0 Å². The number of hydrogen-bond donors (Lipinski definition) is 2. The average molecular weight is 162 g/mol. The Morgan fingerprint density at radius 2 is 2.45 bits per heavy atom. The van der Waals surface area contributed by atoms with Crippen molar-refractivity contribution in [2.75, 3.05) is 13.1 Å². The van der Waals surface area contributed by atoms with E-state index < -0.39 is 18.4 Å². The number of nitrogens with two attached hydrogens (primary N) is 1. The Morgan fingerprint density at radius 1 is 1.73 bits per heavy atom. The first kappa shape index (κ1) is 8.26. The largest absolute Gasteiger partial charge is 0.443 e. The van der Waals surface area contributed by atoms with Crippen molar-refractivity contribution in [1.82, 2.24) is 5.32 Å². The fourth-order valence-electron chi connectivity index (χ4n) is 1.08. The van der Waals surface area contributed by atoms with Crippen molar-refractivity contribution in [1.29, 1.82) is 0 Å². The van der Waals surface area contributed by atoms with Crippen LogP contribution in [0.3, 0.4) is 0 Å². The molecule has 0 aliphatic carbocycles. The normalized spacial score (nSPS) is 31.4. The smallest absolute Gasteiger partial charge is 0.404 e. The van der Waals surface area contributed by atoms with Gasteiger partial charge < -0.3 is 15.8 Å². The first-order valence-corrected chi connectivity index (χ1v) is 3.51. The van der Waals surface area contributed by atoms with E-state index in [1.807, 2.05) is 0 Å². The van der Waals surface area contributed by atoms with Crippen molar-refractivity contribution in [3.05, 3.63) is 0 Å². The molecular formula is C6H11FN2O2. The minimum absolute atomic E-state index is 0.234. The molecule has 0 bridgehead atoms. The molecule has 0 unspecified atom stereocenters. The standard InChI is InChI=1S/C6H11FN2O2/c7-4-3-9-2-1-5(4)11-6(8)10/h4-5,9H,1-3H2,(H2,8,10)/t4-,5+/m0/s1. The van der Waals surface area contributed by atoms with Gasteiger partial charge in [-0.3, -0.25) is 0 Å². The van der Waals surface area contributed by atoms with Gasteiger partial charge in [-0.05, 0) is 13.0 Å². The Kier molecular flexibility index (Phi) is 2.64. The van der Waals surface area contributed by atoms with Crippen LogP contribution in [0.2, 0.25) is 0 Å². The molecule has 2 atom stereocenters. The lowest BCUT2D eigenvalue weighted by Crippen LogP contribution is -2.44. The highest BCUT2D eigenvalue weighted by Gasteiger charge is 2.26. The molecule has 0 aromatic heterocycles. The Morgan fingerprint density at radius 3 is 3.00 bits per heavy atom. The van der Waals surface area contributed by atoms with Crippen LogP contribution in [0.4, 0.5) is 9.18 Å². The molecular weight excluding hydrogens is 151 g/mol. The third-order valence-corrected chi connectivity index (χ3v) is 1.62. The number of piperidine rings is 1. The first-order chi connectivity index (χ1) is 5.20. The number of ether oxygens (including phenoxy) is 1. The first-order valence-electron chi connectivity index (χ1n) is 3.51. The van der Waals surface area contributed by atoms with Gasteiger partial charge >= 0.3 is 6.09 Å². The molecule has 1 amide bonds. The van der Waals surface area contributed by atoms with Gasteiger partial charge in [0.25, 0.3) is 0 Å². The topological polar surface area (TPSA) is 64.4 Å². The number of carbonyl (C=O) groups excluding carboxylic acids is 1. The second-order valence-corrected chi connectivity index (χ2v) is 2.48. The monoisotopic (exact) mass is 162 g/mol. The molecule has 4 nitrogen and oxygen atoms in total. The summed E-state index contributed by atoms with van der Waals surface area (Å²) in [7, 11) is 0. The lowest BCUT2D eigenvalue weighted by Gasteiger charge is -2.25. The molecule has 0 spiro atoms. The van der Waals surface area contributed by atoms with Crippen LogP contribution < -0.4 is 11.1 Å². The molecule has 1 saturated heterocycles. The summed E-state index contributed by atoms with van der Waals surface area (Å²) in [5.74, 6) is 0. The molecule has 1 heterocycles. The molecule has 3 N–H and O–H groups in total. The molecule has 1 aliphatic rings. The minimum atomic E-state index is -1.13. The third-order valence-electron chi connectivity index (χ3n) is 1.62. The Labute approximate surface area is 63.9 Å². The summed E-state index contributed by atoms with van der Waals surface area (Å²) >= 11 is 0. The number of primary amides is 1. The lowest BCUT2D eigenvalue weighted by atomic mass is 10.1. The van der Waals surface area contributed by atoms with Crippen molar-refractivity contribution >= 4 is 6.09 Å². The van der Waals surface area contributed by atoms with E-state index in [0.717, 1.165) is 0 Å². The van der Waals surface area contributed by atoms with E-state index >= 15 is 0 Å². The van der Waals surface area contributed by atoms with Crippen LogP contribution in [-0.4, -0.2) is 31.5 Å². The molecule has 5 heteroatoms. The van der Waals surface area contributed by atoms with Gasteiger partial charge in [-0.25, -0.2) is 9.18 Å². The Balaban J connectivity index is 2.35. The summed E-state index contributed by atoms with van der Waals surface area (Å²) in [5.41, 5.74) is 4.74. The highest BCUT2D eigenvalue weighted by molar-refractivity contribution is 5.64.